The van der Waals surface area contributed by atoms with Gasteiger partial charge in [0.15, 0.2) is 0 Å². The van der Waals surface area contributed by atoms with Crippen molar-refractivity contribution in [2.45, 2.75) is 6.92 Å². The number of carbonyl (C=O) groups is 1. The summed E-state index contributed by atoms with van der Waals surface area (Å²) in [4.78, 5) is 19.1. The molecule has 2 aromatic heterocycles. The van der Waals surface area contributed by atoms with Crippen molar-refractivity contribution in [3.05, 3.63) is 53.9 Å². The van der Waals surface area contributed by atoms with Gasteiger partial charge < -0.3 is 5.32 Å². The van der Waals surface area contributed by atoms with Crippen LogP contribution in [-0.2, 0) is 0 Å². The second-order valence-electron chi connectivity index (χ2n) is 3.51. The highest BCUT2D eigenvalue weighted by Crippen LogP contribution is 2.12. The van der Waals surface area contributed by atoms with E-state index in [4.69, 9.17) is 0 Å². The van der Waals surface area contributed by atoms with E-state index in [-0.39, 0.29) is 5.91 Å². The number of aryl methyl sites for hydroxylation is 1. The van der Waals surface area contributed by atoms with Gasteiger partial charge in [-0.2, -0.15) is 4.39 Å². The molecule has 0 aromatic carbocycles. The van der Waals surface area contributed by atoms with Crippen molar-refractivity contribution in [2.24, 2.45) is 0 Å². The number of rotatable bonds is 2. The number of nitrogens with zero attached hydrogens (tertiary/aromatic N) is 2. The molecule has 0 saturated heterocycles. The van der Waals surface area contributed by atoms with E-state index >= 15 is 0 Å². The summed E-state index contributed by atoms with van der Waals surface area (Å²) in [6, 6.07) is 4.31. The average Bonchev–Trinajstić information content (AvgIpc) is 2.33. The highest BCUT2D eigenvalue weighted by molar-refractivity contribution is 6.04. The first kappa shape index (κ1) is 11.2. The van der Waals surface area contributed by atoms with Gasteiger partial charge in [-0.3, -0.25) is 9.78 Å². The molecule has 0 aliphatic rings. The Morgan fingerprint density at radius 1 is 1.29 bits per heavy atom. The van der Waals surface area contributed by atoms with Crippen LogP contribution in [0.1, 0.15) is 15.9 Å². The molecule has 0 saturated carbocycles. The highest BCUT2D eigenvalue weighted by Gasteiger charge is 2.08. The summed E-state index contributed by atoms with van der Waals surface area (Å²) in [7, 11) is 0. The molecule has 2 aromatic rings. The second-order valence-corrected chi connectivity index (χ2v) is 3.51. The van der Waals surface area contributed by atoms with E-state index in [9.17, 15) is 9.18 Å². The number of hydrogen-bond donors (Lipinski definition) is 1. The van der Waals surface area contributed by atoms with Crippen molar-refractivity contribution in [1.29, 1.82) is 0 Å². The SMILES string of the molecule is Cc1ccncc1NC(=O)c1ccc(F)nc1. The van der Waals surface area contributed by atoms with Crippen molar-refractivity contribution in [3.8, 4) is 0 Å². The molecule has 0 spiro atoms. The molecule has 0 aliphatic heterocycles. The Kier molecular flexibility index (Phi) is 3.09. The molecule has 1 N–H and O–H groups in total. The van der Waals surface area contributed by atoms with Gasteiger partial charge in [-0.1, -0.05) is 0 Å². The van der Waals surface area contributed by atoms with Gasteiger partial charge in [0.05, 0.1) is 17.4 Å². The minimum atomic E-state index is -0.612. The van der Waals surface area contributed by atoms with Crippen molar-refractivity contribution < 1.29 is 9.18 Å². The molecule has 0 radical (unpaired) electrons. The lowest BCUT2D eigenvalue weighted by Gasteiger charge is -2.06. The van der Waals surface area contributed by atoms with Crippen molar-refractivity contribution in [2.75, 3.05) is 5.32 Å². The van der Waals surface area contributed by atoms with Crippen LogP contribution in [-0.4, -0.2) is 15.9 Å². The minimum Gasteiger partial charge on any atom is -0.320 e. The molecule has 17 heavy (non-hydrogen) atoms. The summed E-state index contributed by atoms with van der Waals surface area (Å²) in [5, 5.41) is 2.68. The largest absolute Gasteiger partial charge is 0.320 e. The molecule has 5 heteroatoms. The Bertz CT molecular complexity index is 540. The summed E-state index contributed by atoms with van der Waals surface area (Å²) >= 11 is 0. The summed E-state index contributed by atoms with van der Waals surface area (Å²) in [5.41, 5.74) is 1.83. The molecule has 1 amide bonds. The highest BCUT2D eigenvalue weighted by atomic mass is 19.1. The van der Waals surface area contributed by atoms with Gasteiger partial charge in [0.25, 0.3) is 5.91 Å². The third-order valence-corrected chi connectivity index (χ3v) is 2.28. The average molecular weight is 231 g/mol. The maximum Gasteiger partial charge on any atom is 0.257 e. The molecule has 0 aliphatic carbocycles. The smallest absolute Gasteiger partial charge is 0.257 e. The fourth-order valence-corrected chi connectivity index (χ4v) is 1.30. The fraction of sp³-hybridized carbons (Fsp3) is 0.0833. The lowest BCUT2D eigenvalue weighted by atomic mass is 10.2. The van der Waals surface area contributed by atoms with Gasteiger partial charge in [-0.15, -0.1) is 0 Å². The van der Waals surface area contributed by atoms with Gasteiger partial charge in [-0.25, -0.2) is 4.98 Å². The molecule has 2 heterocycles. The second kappa shape index (κ2) is 4.69. The summed E-state index contributed by atoms with van der Waals surface area (Å²) < 4.78 is 12.6. The fourth-order valence-electron chi connectivity index (χ4n) is 1.30. The molecule has 2 rings (SSSR count). The molecule has 0 atom stereocenters. The summed E-state index contributed by atoms with van der Waals surface area (Å²) in [5.74, 6) is -0.951. The van der Waals surface area contributed by atoms with Gasteiger partial charge in [0.1, 0.15) is 0 Å². The van der Waals surface area contributed by atoms with Gasteiger partial charge in [0.2, 0.25) is 5.95 Å². The summed E-state index contributed by atoms with van der Waals surface area (Å²) in [6.45, 7) is 1.86. The maximum atomic E-state index is 12.6. The van der Waals surface area contributed by atoms with Crippen LogP contribution in [0.2, 0.25) is 0 Å². The van der Waals surface area contributed by atoms with Gasteiger partial charge in [-0.05, 0) is 30.7 Å². The zero-order valence-electron chi connectivity index (χ0n) is 9.14. The third kappa shape index (κ3) is 2.63. The van der Waals surface area contributed by atoms with Crippen LogP contribution in [0.15, 0.2) is 36.8 Å². The van der Waals surface area contributed by atoms with E-state index in [2.05, 4.69) is 15.3 Å². The van der Waals surface area contributed by atoms with E-state index in [0.717, 1.165) is 11.6 Å². The van der Waals surface area contributed by atoms with Crippen LogP contribution in [0, 0.1) is 12.9 Å². The Balaban J connectivity index is 2.17. The molecule has 0 bridgehead atoms. The number of carbonyl (C=O) groups excluding carboxylic acids is 1. The van der Waals surface area contributed by atoms with Crippen LogP contribution in [0.4, 0.5) is 10.1 Å². The molecule has 4 nitrogen and oxygen atoms in total. The molecule has 0 unspecified atom stereocenters. The topological polar surface area (TPSA) is 54.9 Å². The Labute approximate surface area is 97.5 Å². The van der Waals surface area contributed by atoms with Crippen LogP contribution in [0.3, 0.4) is 0 Å². The first-order chi connectivity index (χ1) is 8.16. The maximum absolute atomic E-state index is 12.6. The Hall–Kier alpha value is -2.30. The molecular formula is C12H10FN3O. The van der Waals surface area contributed by atoms with Crippen LogP contribution >= 0.6 is 0 Å². The number of amides is 1. The Morgan fingerprint density at radius 3 is 2.76 bits per heavy atom. The number of nitrogens with one attached hydrogen (secondary N) is 1. The predicted octanol–water partition coefficient (Wildman–Crippen LogP) is 2.18. The van der Waals surface area contributed by atoms with E-state index in [1.165, 1.54) is 12.3 Å². The van der Waals surface area contributed by atoms with Crippen LogP contribution in [0.5, 0.6) is 0 Å². The van der Waals surface area contributed by atoms with Gasteiger partial charge >= 0.3 is 0 Å². The standard InChI is InChI=1S/C12H10FN3O/c1-8-4-5-14-7-10(8)16-12(17)9-2-3-11(13)15-6-9/h2-7H,1H3,(H,16,17). The zero-order valence-corrected chi connectivity index (χ0v) is 9.14. The van der Waals surface area contributed by atoms with Crippen molar-refractivity contribution in [1.82, 2.24) is 9.97 Å². The van der Waals surface area contributed by atoms with E-state index in [1.807, 2.05) is 6.92 Å². The van der Waals surface area contributed by atoms with Crippen molar-refractivity contribution in [3.63, 3.8) is 0 Å². The molecular weight excluding hydrogens is 221 g/mol. The number of hydrogen-bond acceptors (Lipinski definition) is 3. The normalized spacial score (nSPS) is 10.0. The molecule has 0 fully saturated rings. The van der Waals surface area contributed by atoms with E-state index in [1.54, 1.807) is 18.5 Å². The number of halogens is 1. The predicted molar refractivity (Wildman–Crippen MR) is 61.1 cm³/mol. The van der Waals surface area contributed by atoms with E-state index in [0.29, 0.717) is 11.3 Å². The number of aromatic nitrogens is 2. The van der Waals surface area contributed by atoms with Crippen LogP contribution < -0.4 is 5.32 Å². The lowest BCUT2D eigenvalue weighted by Crippen LogP contribution is -2.13. The van der Waals surface area contributed by atoms with E-state index < -0.39 is 5.95 Å². The quantitative estimate of drug-likeness (QED) is 0.806. The lowest BCUT2D eigenvalue weighted by molar-refractivity contribution is 0.102. The monoisotopic (exact) mass is 231 g/mol. The Morgan fingerprint density at radius 2 is 2.12 bits per heavy atom. The number of pyridine rings is 2. The minimum absolute atomic E-state index is 0.301. The molecule has 86 valence electrons. The zero-order chi connectivity index (χ0) is 12.3. The first-order valence-electron chi connectivity index (χ1n) is 5.00. The number of anilines is 1. The summed E-state index contributed by atoms with van der Waals surface area (Å²) in [6.07, 6.45) is 4.39. The third-order valence-electron chi connectivity index (χ3n) is 2.28. The first-order valence-corrected chi connectivity index (χ1v) is 5.00. The van der Waals surface area contributed by atoms with Crippen LogP contribution in [0.25, 0.3) is 0 Å². The van der Waals surface area contributed by atoms with Gasteiger partial charge in [0, 0.05) is 12.4 Å². The van der Waals surface area contributed by atoms with Crippen molar-refractivity contribution >= 4 is 11.6 Å².